The first-order valence-electron chi connectivity index (χ1n) is 8.28. The molecule has 1 aliphatic heterocycles. The van der Waals surface area contributed by atoms with E-state index in [1.54, 1.807) is 4.90 Å². The first-order valence-corrected chi connectivity index (χ1v) is 8.66. The second kappa shape index (κ2) is 8.04. The normalized spacial score (nSPS) is 15.0. The lowest BCUT2D eigenvalue weighted by Crippen LogP contribution is -2.48. The van der Waals surface area contributed by atoms with Gasteiger partial charge in [0.25, 0.3) is 5.91 Å². The molecular weight excluding hydrogens is 383 g/mol. The van der Waals surface area contributed by atoms with E-state index in [9.17, 15) is 18.0 Å². The van der Waals surface area contributed by atoms with Crippen LogP contribution >= 0.6 is 11.6 Å². The molecule has 9 heteroatoms. The van der Waals surface area contributed by atoms with E-state index >= 15 is 0 Å². The number of anilines is 1. The quantitative estimate of drug-likeness (QED) is 0.787. The fourth-order valence-electron chi connectivity index (χ4n) is 2.79. The number of piperazine rings is 1. The van der Waals surface area contributed by atoms with Crippen LogP contribution in [0.2, 0.25) is 5.02 Å². The molecule has 1 fully saturated rings. The highest BCUT2D eigenvalue weighted by Crippen LogP contribution is 2.26. The summed E-state index contributed by atoms with van der Waals surface area (Å²) in [5, 5.41) is 0.663. The van der Waals surface area contributed by atoms with Gasteiger partial charge in [-0.1, -0.05) is 23.7 Å². The highest BCUT2D eigenvalue weighted by molar-refractivity contribution is 6.33. The molecule has 144 valence electrons. The molecular formula is C18H17ClF3N3O2. The van der Waals surface area contributed by atoms with Crippen molar-refractivity contribution in [3.8, 4) is 5.88 Å². The zero-order chi connectivity index (χ0) is 19.4. The number of hydrogen-bond acceptors (Lipinski definition) is 4. The molecule has 0 atom stereocenters. The van der Waals surface area contributed by atoms with E-state index in [0.29, 0.717) is 36.8 Å². The van der Waals surface area contributed by atoms with Gasteiger partial charge in [0.1, 0.15) is 0 Å². The van der Waals surface area contributed by atoms with Crippen molar-refractivity contribution in [1.82, 2.24) is 9.88 Å². The number of carbonyl (C=O) groups is 1. The standard InChI is InChI=1S/C18H17ClF3N3O2/c19-14-3-1-2-4-15(14)24-7-9-25(10-8-24)17(26)13-5-6-16(23-11-13)27-12-18(20,21)22/h1-6,11H,7-10,12H2. The Labute approximate surface area is 159 Å². The maximum atomic E-state index is 12.6. The van der Waals surface area contributed by atoms with Gasteiger partial charge < -0.3 is 14.5 Å². The van der Waals surface area contributed by atoms with Crippen molar-refractivity contribution < 1.29 is 22.7 Å². The Morgan fingerprint density at radius 3 is 2.41 bits per heavy atom. The van der Waals surface area contributed by atoms with Crippen LogP contribution in [0.15, 0.2) is 42.6 Å². The SMILES string of the molecule is O=C(c1ccc(OCC(F)(F)F)nc1)N1CCN(c2ccccc2Cl)CC1. The smallest absolute Gasteiger partial charge is 0.422 e. The molecule has 3 rings (SSSR count). The molecule has 0 aliphatic carbocycles. The van der Waals surface area contributed by atoms with E-state index in [1.807, 2.05) is 24.3 Å². The summed E-state index contributed by atoms with van der Waals surface area (Å²) in [6.45, 7) is 0.870. The van der Waals surface area contributed by atoms with Crippen molar-refractivity contribution >= 4 is 23.2 Å². The van der Waals surface area contributed by atoms with Crippen molar-refractivity contribution in [3.63, 3.8) is 0 Å². The number of pyridine rings is 1. The van der Waals surface area contributed by atoms with E-state index < -0.39 is 12.8 Å². The molecule has 0 bridgehead atoms. The highest BCUT2D eigenvalue weighted by Gasteiger charge is 2.29. The number of nitrogens with zero attached hydrogens (tertiary/aromatic N) is 3. The number of halogens is 4. The number of carbonyl (C=O) groups excluding carboxylic acids is 1. The van der Waals surface area contributed by atoms with Gasteiger partial charge in [0, 0.05) is 38.4 Å². The minimum absolute atomic E-state index is 0.174. The summed E-state index contributed by atoms with van der Waals surface area (Å²) in [7, 11) is 0. The monoisotopic (exact) mass is 399 g/mol. The molecule has 27 heavy (non-hydrogen) atoms. The average Bonchev–Trinajstić information content (AvgIpc) is 2.66. The molecule has 1 aromatic heterocycles. The molecule has 0 unspecified atom stereocenters. The molecule has 2 heterocycles. The van der Waals surface area contributed by atoms with Gasteiger partial charge in [0.2, 0.25) is 5.88 Å². The summed E-state index contributed by atoms with van der Waals surface area (Å²) in [6.07, 6.45) is -3.20. The summed E-state index contributed by atoms with van der Waals surface area (Å²) in [4.78, 5) is 20.1. The molecule has 1 saturated heterocycles. The fourth-order valence-corrected chi connectivity index (χ4v) is 3.04. The van der Waals surface area contributed by atoms with Gasteiger partial charge in [-0.2, -0.15) is 13.2 Å². The number of ether oxygens (including phenoxy) is 1. The van der Waals surface area contributed by atoms with Crippen LogP contribution in [0.25, 0.3) is 0 Å². The van der Waals surface area contributed by atoms with Gasteiger partial charge in [0.05, 0.1) is 16.3 Å². The lowest BCUT2D eigenvalue weighted by Gasteiger charge is -2.36. The Kier molecular flexibility index (Phi) is 5.74. The fraction of sp³-hybridized carbons (Fsp3) is 0.333. The third kappa shape index (κ3) is 5.03. The zero-order valence-electron chi connectivity index (χ0n) is 14.2. The Balaban J connectivity index is 1.57. The van der Waals surface area contributed by atoms with Crippen molar-refractivity contribution in [2.75, 3.05) is 37.7 Å². The van der Waals surface area contributed by atoms with E-state index in [-0.39, 0.29) is 11.8 Å². The molecule has 1 aromatic carbocycles. The van der Waals surface area contributed by atoms with Gasteiger partial charge in [-0.3, -0.25) is 4.79 Å². The molecule has 0 N–H and O–H groups in total. The van der Waals surface area contributed by atoms with Crippen LogP contribution in [-0.4, -0.2) is 54.8 Å². The van der Waals surface area contributed by atoms with Crippen LogP contribution in [-0.2, 0) is 0 Å². The Morgan fingerprint density at radius 1 is 1.11 bits per heavy atom. The maximum Gasteiger partial charge on any atom is 0.422 e. The number of amides is 1. The molecule has 0 radical (unpaired) electrons. The number of rotatable bonds is 4. The summed E-state index contributed by atoms with van der Waals surface area (Å²) < 4.78 is 41.0. The van der Waals surface area contributed by atoms with E-state index in [1.165, 1.54) is 18.3 Å². The van der Waals surface area contributed by atoms with Gasteiger partial charge in [-0.05, 0) is 18.2 Å². The van der Waals surface area contributed by atoms with E-state index in [4.69, 9.17) is 11.6 Å². The van der Waals surface area contributed by atoms with Crippen molar-refractivity contribution in [2.45, 2.75) is 6.18 Å². The zero-order valence-corrected chi connectivity index (χ0v) is 15.0. The number of hydrogen-bond donors (Lipinski definition) is 0. The molecule has 5 nitrogen and oxygen atoms in total. The van der Waals surface area contributed by atoms with Gasteiger partial charge in [-0.15, -0.1) is 0 Å². The van der Waals surface area contributed by atoms with Crippen LogP contribution in [0.4, 0.5) is 18.9 Å². The van der Waals surface area contributed by atoms with Crippen LogP contribution in [0.1, 0.15) is 10.4 Å². The third-order valence-electron chi connectivity index (χ3n) is 4.13. The average molecular weight is 400 g/mol. The number of benzene rings is 1. The largest absolute Gasteiger partial charge is 0.468 e. The first kappa shape index (κ1) is 19.3. The lowest BCUT2D eigenvalue weighted by atomic mass is 10.2. The van der Waals surface area contributed by atoms with Crippen molar-refractivity contribution in [2.24, 2.45) is 0 Å². The highest BCUT2D eigenvalue weighted by atomic mass is 35.5. The number of alkyl halides is 3. The molecule has 0 spiro atoms. The first-order chi connectivity index (χ1) is 12.8. The summed E-state index contributed by atoms with van der Waals surface area (Å²) in [5.41, 5.74) is 1.24. The summed E-state index contributed by atoms with van der Waals surface area (Å²) in [6, 6.07) is 10.2. The van der Waals surface area contributed by atoms with Crippen LogP contribution in [0, 0.1) is 0 Å². The molecule has 1 amide bonds. The predicted molar refractivity (Wildman–Crippen MR) is 95.4 cm³/mol. The van der Waals surface area contributed by atoms with Crippen LogP contribution in [0.5, 0.6) is 5.88 Å². The Hall–Kier alpha value is -2.48. The van der Waals surface area contributed by atoms with E-state index in [0.717, 1.165) is 5.69 Å². The lowest BCUT2D eigenvalue weighted by molar-refractivity contribution is -0.154. The predicted octanol–water partition coefficient (Wildman–Crippen LogP) is 3.64. The van der Waals surface area contributed by atoms with Gasteiger partial charge in [0.15, 0.2) is 6.61 Å². The summed E-state index contributed by atoms with van der Waals surface area (Å²) >= 11 is 6.21. The summed E-state index contributed by atoms with van der Waals surface area (Å²) in [5.74, 6) is -0.393. The maximum absolute atomic E-state index is 12.6. The minimum Gasteiger partial charge on any atom is -0.468 e. The molecule has 2 aromatic rings. The Bertz CT molecular complexity index is 791. The van der Waals surface area contributed by atoms with Crippen LogP contribution in [0.3, 0.4) is 0 Å². The van der Waals surface area contributed by atoms with Crippen molar-refractivity contribution in [1.29, 1.82) is 0 Å². The van der Waals surface area contributed by atoms with Crippen molar-refractivity contribution in [3.05, 3.63) is 53.2 Å². The Morgan fingerprint density at radius 2 is 1.81 bits per heavy atom. The minimum atomic E-state index is -4.43. The number of para-hydroxylation sites is 1. The molecule has 0 saturated carbocycles. The third-order valence-corrected chi connectivity index (χ3v) is 4.45. The van der Waals surface area contributed by atoms with E-state index in [2.05, 4.69) is 14.6 Å². The van der Waals surface area contributed by atoms with Gasteiger partial charge >= 0.3 is 6.18 Å². The second-order valence-electron chi connectivity index (χ2n) is 6.02. The topological polar surface area (TPSA) is 45.7 Å². The van der Waals surface area contributed by atoms with Gasteiger partial charge in [-0.25, -0.2) is 4.98 Å². The second-order valence-corrected chi connectivity index (χ2v) is 6.43. The van der Waals surface area contributed by atoms with Crippen LogP contribution < -0.4 is 9.64 Å². The molecule has 1 aliphatic rings. The number of aromatic nitrogens is 1.